The molecular formula is C11H11BrN4O3. The summed E-state index contributed by atoms with van der Waals surface area (Å²) in [7, 11) is 0. The van der Waals surface area contributed by atoms with Gasteiger partial charge in [-0.2, -0.15) is 15.4 Å². The number of nitrogens with two attached hydrogens (primary N) is 1. The molecule has 2 aromatic rings. The number of aromatic hydroxyl groups is 1. The second-order valence-corrected chi connectivity index (χ2v) is 4.48. The summed E-state index contributed by atoms with van der Waals surface area (Å²) in [5, 5.41) is 19.7. The number of halogens is 1. The topological polar surface area (TPSA) is 114 Å². The van der Waals surface area contributed by atoms with Gasteiger partial charge in [0, 0.05) is 5.56 Å². The van der Waals surface area contributed by atoms with Gasteiger partial charge in [-0.1, -0.05) is 0 Å². The predicted octanol–water partition coefficient (Wildman–Crippen LogP) is 1.44. The van der Waals surface area contributed by atoms with Gasteiger partial charge in [0.25, 0.3) is 5.91 Å². The Bertz CT molecular complexity index is 626. The van der Waals surface area contributed by atoms with Gasteiger partial charge in [-0.3, -0.25) is 4.79 Å². The first-order valence-electron chi connectivity index (χ1n) is 5.40. The fourth-order valence-electron chi connectivity index (χ4n) is 1.58. The first-order chi connectivity index (χ1) is 9.04. The van der Waals surface area contributed by atoms with Crippen LogP contribution in [0.2, 0.25) is 0 Å². The molecule has 19 heavy (non-hydrogen) atoms. The number of rotatable bonds is 4. The van der Waals surface area contributed by atoms with E-state index in [2.05, 4.69) is 31.3 Å². The summed E-state index contributed by atoms with van der Waals surface area (Å²) in [5.74, 6) is -0.425. The minimum Gasteiger partial charge on any atom is -0.503 e. The van der Waals surface area contributed by atoms with Gasteiger partial charge < -0.3 is 15.6 Å². The Kier molecular flexibility index (Phi) is 3.70. The van der Waals surface area contributed by atoms with Crippen LogP contribution in [0.5, 0.6) is 11.5 Å². The highest BCUT2D eigenvalue weighted by Gasteiger charge is 2.18. The lowest BCUT2D eigenvalue weighted by Gasteiger charge is -2.09. The number of nitrogens with zero attached hydrogens (tertiary/aromatic N) is 2. The number of phenols is 1. The number of hydrogen-bond donors (Lipinski definition) is 3. The van der Waals surface area contributed by atoms with E-state index < -0.39 is 5.91 Å². The molecular weight excluding hydrogens is 316 g/mol. The van der Waals surface area contributed by atoms with Crippen LogP contribution in [0.1, 0.15) is 17.4 Å². The third-order valence-electron chi connectivity index (χ3n) is 2.38. The predicted molar refractivity (Wildman–Crippen MR) is 70.9 cm³/mol. The van der Waals surface area contributed by atoms with Gasteiger partial charge >= 0.3 is 0 Å². The van der Waals surface area contributed by atoms with Crippen molar-refractivity contribution in [3.8, 4) is 22.8 Å². The first kappa shape index (κ1) is 13.3. The lowest BCUT2D eigenvalue weighted by Crippen LogP contribution is -2.12. The minimum atomic E-state index is -0.689. The number of carbonyl (C=O) groups is 1. The number of amides is 1. The zero-order chi connectivity index (χ0) is 14.0. The van der Waals surface area contributed by atoms with Crippen molar-refractivity contribution in [3.05, 3.63) is 22.3 Å². The Hall–Kier alpha value is -2.09. The number of H-pyrrole nitrogens is 1. The van der Waals surface area contributed by atoms with E-state index in [-0.39, 0.29) is 17.2 Å². The molecule has 2 rings (SSSR count). The molecule has 0 spiro atoms. The number of carbonyl (C=O) groups excluding carboxylic acids is 1. The van der Waals surface area contributed by atoms with Gasteiger partial charge in [0.15, 0.2) is 17.2 Å². The van der Waals surface area contributed by atoms with E-state index in [1.807, 2.05) is 0 Å². The SMILES string of the molecule is CCOc1cc(-c2n[nH]nc2C(N)=O)cc(Br)c1O. The van der Waals surface area contributed by atoms with Crippen molar-refractivity contribution in [2.75, 3.05) is 6.61 Å². The Morgan fingerprint density at radius 1 is 1.53 bits per heavy atom. The van der Waals surface area contributed by atoms with E-state index >= 15 is 0 Å². The zero-order valence-electron chi connectivity index (χ0n) is 9.98. The summed E-state index contributed by atoms with van der Waals surface area (Å²) in [6.07, 6.45) is 0. The molecule has 1 aromatic carbocycles. The number of phenolic OH excluding ortho intramolecular Hbond substituents is 1. The number of nitrogens with one attached hydrogen (secondary N) is 1. The average Bonchev–Trinajstić information content (AvgIpc) is 2.84. The zero-order valence-corrected chi connectivity index (χ0v) is 11.6. The third-order valence-corrected chi connectivity index (χ3v) is 2.99. The fraction of sp³-hybridized carbons (Fsp3) is 0.182. The largest absolute Gasteiger partial charge is 0.503 e. The van der Waals surface area contributed by atoms with E-state index in [4.69, 9.17) is 10.5 Å². The smallest absolute Gasteiger partial charge is 0.271 e. The summed E-state index contributed by atoms with van der Waals surface area (Å²) < 4.78 is 5.72. The van der Waals surface area contributed by atoms with Gasteiger partial charge in [-0.25, -0.2) is 0 Å². The maximum absolute atomic E-state index is 11.2. The maximum atomic E-state index is 11.2. The highest BCUT2D eigenvalue weighted by Crippen LogP contribution is 2.38. The normalized spacial score (nSPS) is 10.4. The molecule has 0 atom stereocenters. The minimum absolute atomic E-state index is 0.0188. The van der Waals surface area contributed by atoms with Crippen molar-refractivity contribution in [2.45, 2.75) is 6.92 Å². The molecule has 0 aliphatic carbocycles. The van der Waals surface area contributed by atoms with Gasteiger partial charge in [0.2, 0.25) is 0 Å². The Labute approximate surface area is 116 Å². The Morgan fingerprint density at radius 2 is 2.26 bits per heavy atom. The summed E-state index contributed by atoms with van der Waals surface area (Å²) >= 11 is 3.21. The van der Waals surface area contributed by atoms with E-state index in [0.29, 0.717) is 22.3 Å². The van der Waals surface area contributed by atoms with Gasteiger partial charge in [-0.15, -0.1) is 0 Å². The molecule has 7 nitrogen and oxygen atoms in total. The molecule has 0 bridgehead atoms. The van der Waals surface area contributed by atoms with E-state index in [0.717, 1.165) is 0 Å². The van der Waals surface area contributed by atoms with Crippen LogP contribution in [-0.4, -0.2) is 33.0 Å². The Balaban J connectivity index is 2.56. The quantitative estimate of drug-likeness (QED) is 0.786. The molecule has 4 N–H and O–H groups in total. The molecule has 0 aliphatic rings. The lowest BCUT2D eigenvalue weighted by molar-refractivity contribution is 0.0996. The molecule has 100 valence electrons. The fourth-order valence-corrected chi connectivity index (χ4v) is 2.02. The van der Waals surface area contributed by atoms with Gasteiger partial charge in [0.05, 0.1) is 11.1 Å². The van der Waals surface area contributed by atoms with Crippen molar-refractivity contribution >= 4 is 21.8 Å². The highest BCUT2D eigenvalue weighted by molar-refractivity contribution is 9.10. The van der Waals surface area contributed by atoms with Crippen LogP contribution in [0.15, 0.2) is 16.6 Å². The number of benzene rings is 1. The van der Waals surface area contributed by atoms with Gasteiger partial charge in [-0.05, 0) is 35.0 Å². The second-order valence-electron chi connectivity index (χ2n) is 3.62. The van der Waals surface area contributed by atoms with Crippen molar-refractivity contribution < 1.29 is 14.6 Å². The van der Waals surface area contributed by atoms with Crippen LogP contribution in [0.25, 0.3) is 11.3 Å². The number of aromatic nitrogens is 3. The van der Waals surface area contributed by atoms with Crippen molar-refractivity contribution in [3.63, 3.8) is 0 Å². The number of hydrogen-bond acceptors (Lipinski definition) is 5. The van der Waals surface area contributed by atoms with Crippen LogP contribution in [0.4, 0.5) is 0 Å². The number of ether oxygens (including phenoxy) is 1. The molecule has 1 aromatic heterocycles. The van der Waals surface area contributed by atoms with Gasteiger partial charge in [0.1, 0.15) is 5.69 Å². The maximum Gasteiger partial charge on any atom is 0.271 e. The molecule has 0 unspecified atom stereocenters. The van der Waals surface area contributed by atoms with Crippen LogP contribution >= 0.6 is 15.9 Å². The molecule has 1 heterocycles. The van der Waals surface area contributed by atoms with E-state index in [1.54, 1.807) is 19.1 Å². The third kappa shape index (κ3) is 2.53. The van der Waals surface area contributed by atoms with Crippen LogP contribution in [0.3, 0.4) is 0 Å². The molecule has 0 radical (unpaired) electrons. The van der Waals surface area contributed by atoms with Crippen LogP contribution in [0, 0.1) is 0 Å². The number of primary amides is 1. The van der Waals surface area contributed by atoms with E-state index in [9.17, 15) is 9.90 Å². The van der Waals surface area contributed by atoms with Crippen LogP contribution in [-0.2, 0) is 0 Å². The van der Waals surface area contributed by atoms with E-state index in [1.165, 1.54) is 0 Å². The second kappa shape index (κ2) is 5.27. The monoisotopic (exact) mass is 326 g/mol. The highest BCUT2D eigenvalue weighted by atomic mass is 79.9. The Morgan fingerprint density at radius 3 is 2.89 bits per heavy atom. The van der Waals surface area contributed by atoms with Crippen molar-refractivity contribution in [1.29, 1.82) is 0 Å². The standard InChI is InChI=1S/C11H11BrN4O3/c1-2-19-7-4-5(3-6(12)10(7)17)8-9(11(13)18)15-16-14-8/h3-4,17H,2H2,1H3,(H2,13,18)(H,14,15,16). The first-order valence-corrected chi connectivity index (χ1v) is 6.20. The molecule has 8 heteroatoms. The average molecular weight is 327 g/mol. The van der Waals surface area contributed by atoms with Crippen molar-refractivity contribution in [1.82, 2.24) is 15.4 Å². The molecule has 0 saturated carbocycles. The molecule has 0 saturated heterocycles. The van der Waals surface area contributed by atoms with Crippen molar-refractivity contribution in [2.24, 2.45) is 5.73 Å². The summed E-state index contributed by atoms with van der Waals surface area (Å²) in [6, 6.07) is 3.16. The van der Waals surface area contributed by atoms with Crippen LogP contribution < -0.4 is 10.5 Å². The summed E-state index contributed by atoms with van der Waals surface area (Å²) in [6.45, 7) is 2.19. The molecule has 1 amide bonds. The molecule has 0 fully saturated rings. The molecule has 0 aliphatic heterocycles. The summed E-state index contributed by atoms with van der Waals surface area (Å²) in [5.41, 5.74) is 6.09. The lowest BCUT2D eigenvalue weighted by atomic mass is 10.1. The summed E-state index contributed by atoms with van der Waals surface area (Å²) in [4.78, 5) is 11.2. The number of aromatic amines is 1.